The van der Waals surface area contributed by atoms with Crippen LogP contribution in [0.15, 0.2) is 30.6 Å². The van der Waals surface area contributed by atoms with Crippen molar-refractivity contribution in [2.24, 2.45) is 0 Å². The molecular formula is C16H17ClN4O3. The van der Waals surface area contributed by atoms with Gasteiger partial charge in [0.2, 0.25) is 0 Å². The molecule has 0 aliphatic heterocycles. The number of hydrogen-bond donors (Lipinski definition) is 2. The molecule has 126 valence electrons. The van der Waals surface area contributed by atoms with E-state index in [2.05, 4.69) is 25.3 Å². The van der Waals surface area contributed by atoms with Crippen LogP contribution in [0.3, 0.4) is 0 Å². The first-order valence-electron chi connectivity index (χ1n) is 7.18. The molecule has 24 heavy (non-hydrogen) atoms. The van der Waals surface area contributed by atoms with Gasteiger partial charge < -0.3 is 15.4 Å². The third-order valence-electron chi connectivity index (χ3n) is 2.97. The minimum Gasteiger partial charge on any atom is -0.465 e. The van der Waals surface area contributed by atoms with Crippen LogP contribution in [0, 0.1) is 0 Å². The van der Waals surface area contributed by atoms with Crippen molar-refractivity contribution < 1.29 is 14.3 Å². The van der Waals surface area contributed by atoms with Gasteiger partial charge in [0.25, 0.3) is 5.91 Å². The molecule has 0 saturated heterocycles. The third-order valence-corrected chi connectivity index (χ3v) is 3.30. The van der Waals surface area contributed by atoms with Gasteiger partial charge in [0.05, 0.1) is 23.4 Å². The van der Waals surface area contributed by atoms with E-state index in [-0.39, 0.29) is 17.6 Å². The van der Waals surface area contributed by atoms with Crippen LogP contribution in [-0.4, -0.2) is 35.0 Å². The predicted octanol–water partition coefficient (Wildman–Crippen LogP) is 2.80. The molecule has 2 N–H and O–H groups in total. The summed E-state index contributed by atoms with van der Waals surface area (Å²) in [6.07, 6.45) is 1.27. The number of nitrogens with one attached hydrogen (secondary N) is 2. The second-order valence-corrected chi connectivity index (χ2v) is 5.64. The molecule has 0 radical (unpaired) electrons. The standard InChI is InChI=1S/C16H17ClN4O3/c1-9(2)20-15(22)13-7-14(19-8-18-13)21-12-6-10(16(23)24-3)4-5-11(12)17/h4-9H,1-3H3,(H,20,22)(H,18,19,21). The van der Waals surface area contributed by atoms with Crippen LogP contribution in [0.1, 0.15) is 34.7 Å². The topological polar surface area (TPSA) is 93.2 Å². The van der Waals surface area contributed by atoms with Crippen molar-refractivity contribution in [3.8, 4) is 0 Å². The Morgan fingerprint density at radius 2 is 1.96 bits per heavy atom. The second-order valence-electron chi connectivity index (χ2n) is 5.23. The fraction of sp³-hybridized carbons (Fsp3) is 0.250. The number of anilines is 2. The summed E-state index contributed by atoms with van der Waals surface area (Å²) in [5.74, 6) is -0.401. The molecule has 8 heteroatoms. The number of halogens is 1. The highest BCUT2D eigenvalue weighted by molar-refractivity contribution is 6.33. The van der Waals surface area contributed by atoms with Crippen molar-refractivity contribution >= 4 is 35.0 Å². The number of carbonyl (C=O) groups excluding carboxylic acids is 2. The molecule has 0 bridgehead atoms. The predicted molar refractivity (Wildman–Crippen MR) is 90.7 cm³/mol. The van der Waals surface area contributed by atoms with Crippen LogP contribution in [0.5, 0.6) is 0 Å². The Labute approximate surface area is 144 Å². The minimum absolute atomic E-state index is 0.00458. The Bertz CT molecular complexity index is 765. The first-order valence-corrected chi connectivity index (χ1v) is 7.56. The minimum atomic E-state index is -0.477. The largest absolute Gasteiger partial charge is 0.465 e. The molecule has 0 spiro atoms. The number of esters is 1. The lowest BCUT2D eigenvalue weighted by Gasteiger charge is -2.11. The maximum atomic E-state index is 12.0. The lowest BCUT2D eigenvalue weighted by atomic mass is 10.2. The van der Waals surface area contributed by atoms with Gasteiger partial charge in [0, 0.05) is 12.1 Å². The van der Waals surface area contributed by atoms with Crippen LogP contribution in [0.4, 0.5) is 11.5 Å². The summed E-state index contributed by atoms with van der Waals surface area (Å²) < 4.78 is 4.68. The van der Waals surface area contributed by atoms with E-state index in [0.29, 0.717) is 22.1 Å². The molecule has 0 unspecified atom stereocenters. The highest BCUT2D eigenvalue weighted by Gasteiger charge is 2.12. The molecular weight excluding hydrogens is 332 g/mol. The summed E-state index contributed by atoms with van der Waals surface area (Å²) in [5, 5.41) is 6.12. The Morgan fingerprint density at radius 3 is 2.62 bits per heavy atom. The van der Waals surface area contributed by atoms with Crippen molar-refractivity contribution in [2.45, 2.75) is 19.9 Å². The first kappa shape index (κ1) is 17.7. The number of aromatic nitrogens is 2. The Hall–Kier alpha value is -2.67. The van der Waals surface area contributed by atoms with Crippen molar-refractivity contribution in [2.75, 3.05) is 12.4 Å². The van der Waals surface area contributed by atoms with Crippen molar-refractivity contribution in [1.82, 2.24) is 15.3 Å². The lowest BCUT2D eigenvalue weighted by molar-refractivity contribution is 0.0600. The summed E-state index contributed by atoms with van der Waals surface area (Å²) in [7, 11) is 1.30. The molecule has 2 rings (SSSR count). The zero-order chi connectivity index (χ0) is 17.7. The average Bonchev–Trinajstić information content (AvgIpc) is 2.55. The van der Waals surface area contributed by atoms with E-state index < -0.39 is 5.97 Å². The van der Waals surface area contributed by atoms with E-state index in [1.165, 1.54) is 19.5 Å². The first-order chi connectivity index (χ1) is 11.4. The molecule has 1 aromatic heterocycles. The van der Waals surface area contributed by atoms with Gasteiger partial charge in [-0.1, -0.05) is 11.6 Å². The Kier molecular flexibility index (Phi) is 5.70. The molecule has 0 aliphatic rings. The van der Waals surface area contributed by atoms with Gasteiger partial charge in [0.15, 0.2) is 0 Å². The van der Waals surface area contributed by atoms with E-state index in [1.807, 2.05) is 13.8 Å². The molecule has 7 nitrogen and oxygen atoms in total. The number of methoxy groups -OCH3 is 1. The van der Waals surface area contributed by atoms with E-state index in [4.69, 9.17) is 11.6 Å². The maximum Gasteiger partial charge on any atom is 0.337 e. The van der Waals surface area contributed by atoms with Gasteiger partial charge in [-0.25, -0.2) is 14.8 Å². The number of rotatable bonds is 5. The van der Waals surface area contributed by atoms with E-state index in [0.717, 1.165) is 0 Å². The maximum absolute atomic E-state index is 12.0. The number of hydrogen-bond acceptors (Lipinski definition) is 6. The lowest BCUT2D eigenvalue weighted by Crippen LogP contribution is -2.30. The average molecular weight is 349 g/mol. The van der Waals surface area contributed by atoms with Crippen molar-refractivity contribution in [3.05, 3.63) is 46.9 Å². The summed E-state index contributed by atoms with van der Waals surface area (Å²) >= 11 is 6.13. The Morgan fingerprint density at radius 1 is 1.21 bits per heavy atom. The summed E-state index contributed by atoms with van der Waals surface area (Å²) in [6.45, 7) is 3.71. The molecule has 0 fully saturated rings. The fourth-order valence-corrected chi connectivity index (χ4v) is 2.05. The quantitative estimate of drug-likeness (QED) is 0.807. The van der Waals surface area contributed by atoms with Crippen molar-refractivity contribution in [3.63, 3.8) is 0 Å². The zero-order valence-corrected chi connectivity index (χ0v) is 14.2. The monoisotopic (exact) mass is 348 g/mol. The van der Waals surface area contributed by atoms with Crippen LogP contribution in [0.25, 0.3) is 0 Å². The molecule has 0 saturated carbocycles. The van der Waals surface area contributed by atoms with Gasteiger partial charge in [0.1, 0.15) is 17.8 Å². The van der Waals surface area contributed by atoms with E-state index in [1.54, 1.807) is 18.2 Å². The van der Waals surface area contributed by atoms with E-state index in [9.17, 15) is 9.59 Å². The normalized spacial score (nSPS) is 10.4. The summed E-state index contributed by atoms with van der Waals surface area (Å²) in [4.78, 5) is 31.6. The third kappa shape index (κ3) is 4.42. The summed E-state index contributed by atoms with van der Waals surface area (Å²) in [5.41, 5.74) is 1.03. The molecule has 1 heterocycles. The van der Waals surface area contributed by atoms with Crippen molar-refractivity contribution in [1.29, 1.82) is 0 Å². The number of carbonyl (C=O) groups is 2. The molecule has 0 aliphatic carbocycles. The molecule has 1 aromatic carbocycles. The number of benzene rings is 1. The second kappa shape index (κ2) is 7.74. The van der Waals surface area contributed by atoms with Crippen LogP contribution in [0.2, 0.25) is 5.02 Å². The van der Waals surface area contributed by atoms with Gasteiger partial charge in [-0.05, 0) is 32.0 Å². The number of amides is 1. The number of ether oxygens (including phenoxy) is 1. The molecule has 1 amide bonds. The fourth-order valence-electron chi connectivity index (χ4n) is 1.89. The Balaban J connectivity index is 2.25. The SMILES string of the molecule is COC(=O)c1ccc(Cl)c(Nc2cc(C(=O)NC(C)C)ncn2)c1. The smallest absolute Gasteiger partial charge is 0.337 e. The highest BCUT2D eigenvalue weighted by Crippen LogP contribution is 2.26. The molecule has 2 aromatic rings. The van der Waals surface area contributed by atoms with Crippen LogP contribution < -0.4 is 10.6 Å². The van der Waals surface area contributed by atoms with Crippen LogP contribution in [-0.2, 0) is 4.74 Å². The zero-order valence-electron chi connectivity index (χ0n) is 13.5. The highest BCUT2D eigenvalue weighted by atomic mass is 35.5. The van der Waals surface area contributed by atoms with Gasteiger partial charge in [-0.15, -0.1) is 0 Å². The van der Waals surface area contributed by atoms with Crippen LogP contribution >= 0.6 is 11.6 Å². The van der Waals surface area contributed by atoms with Gasteiger partial charge in [-0.3, -0.25) is 4.79 Å². The number of nitrogens with zero attached hydrogens (tertiary/aromatic N) is 2. The van der Waals surface area contributed by atoms with E-state index >= 15 is 0 Å². The van der Waals surface area contributed by atoms with Gasteiger partial charge >= 0.3 is 5.97 Å². The summed E-state index contributed by atoms with van der Waals surface area (Å²) in [6, 6.07) is 6.17. The van der Waals surface area contributed by atoms with Gasteiger partial charge in [-0.2, -0.15) is 0 Å². The molecule has 0 atom stereocenters.